The number of hydrogen-bond donors (Lipinski definition) is 3. The highest BCUT2D eigenvalue weighted by Crippen LogP contribution is 2.07. The van der Waals surface area contributed by atoms with Crippen LogP contribution in [0.25, 0.3) is 0 Å². The zero-order valence-corrected chi connectivity index (χ0v) is 13.1. The lowest BCUT2D eigenvalue weighted by molar-refractivity contribution is -0.0111. The van der Waals surface area contributed by atoms with Gasteiger partial charge in [0.2, 0.25) is 0 Å². The Bertz CT molecular complexity index is 247. The van der Waals surface area contributed by atoms with E-state index in [1.165, 1.54) is 0 Å². The van der Waals surface area contributed by atoms with Crippen LogP contribution in [-0.4, -0.2) is 74.3 Å². The average Bonchev–Trinajstić information content (AvgIpc) is 2.50. The van der Waals surface area contributed by atoms with Crippen LogP contribution < -0.4 is 16.0 Å². The molecule has 0 bridgehead atoms. The van der Waals surface area contributed by atoms with Crippen molar-refractivity contribution in [1.82, 2.24) is 30.7 Å². The Morgan fingerprint density at radius 3 is 1.10 bits per heavy atom. The normalized spacial score (nSPS) is 21.1. The fourth-order valence-corrected chi connectivity index (χ4v) is 2.33. The topological polar surface area (TPSA) is 45.8 Å². The molecule has 0 unspecified atom stereocenters. The predicted octanol–water partition coefficient (Wildman–Crippen LogP) is -0.0222. The van der Waals surface area contributed by atoms with Crippen LogP contribution in [0.4, 0.5) is 0 Å². The van der Waals surface area contributed by atoms with Gasteiger partial charge in [0.05, 0.1) is 20.0 Å². The van der Waals surface area contributed by atoms with Crippen LogP contribution in [-0.2, 0) is 0 Å². The molecular weight excluding hydrogens is 264 g/mol. The Balaban J connectivity index is 0.000000304. The molecule has 0 atom stereocenters. The molecule has 2 rings (SSSR count). The van der Waals surface area contributed by atoms with Crippen molar-refractivity contribution in [3.8, 4) is 0 Å². The van der Waals surface area contributed by atoms with Gasteiger partial charge in [0, 0.05) is 39.6 Å². The van der Waals surface area contributed by atoms with Crippen molar-refractivity contribution in [2.75, 3.05) is 59.6 Å². The number of rotatable bonds is 6. The number of nitrogens with zero attached hydrogens (tertiary/aromatic N) is 3. The van der Waals surface area contributed by atoms with Crippen LogP contribution in [0.2, 0.25) is 0 Å². The molecule has 120 valence electrons. The van der Waals surface area contributed by atoms with Crippen molar-refractivity contribution in [3.63, 3.8) is 0 Å². The van der Waals surface area contributed by atoms with Gasteiger partial charge in [0.1, 0.15) is 0 Å². The summed E-state index contributed by atoms with van der Waals surface area (Å²) in [7, 11) is 0. The van der Waals surface area contributed by atoms with Crippen LogP contribution in [0.1, 0.15) is 0 Å². The smallest absolute Gasteiger partial charge is 0.0536 e. The number of hydrogen-bond acceptors (Lipinski definition) is 6. The molecule has 0 saturated carbocycles. The van der Waals surface area contributed by atoms with Crippen LogP contribution in [0, 0.1) is 0 Å². The molecule has 2 aliphatic heterocycles. The van der Waals surface area contributed by atoms with Gasteiger partial charge in [-0.3, -0.25) is 30.7 Å². The molecule has 2 fully saturated rings. The minimum atomic E-state index is 0.932. The lowest BCUT2D eigenvalue weighted by Crippen LogP contribution is -2.54. The second-order valence-electron chi connectivity index (χ2n) is 5.13. The Hall–Kier alpha value is -1.02. The fourth-order valence-electron chi connectivity index (χ4n) is 2.33. The fraction of sp³-hybridized carbons (Fsp3) is 0.600. The summed E-state index contributed by atoms with van der Waals surface area (Å²) in [5.74, 6) is 0. The first-order valence-electron chi connectivity index (χ1n) is 7.42. The van der Waals surface area contributed by atoms with Gasteiger partial charge in [-0.15, -0.1) is 19.7 Å². The average molecular weight is 294 g/mol. The zero-order chi connectivity index (χ0) is 15.3. The van der Waals surface area contributed by atoms with E-state index < -0.39 is 0 Å². The highest BCUT2D eigenvalue weighted by atomic mass is 15.5. The summed E-state index contributed by atoms with van der Waals surface area (Å²) in [5, 5.41) is 9.19. The summed E-state index contributed by atoms with van der Waals surface area (Å²) in [6, 6.07) is 0. The third-order valence-corrected chi connectivity index (χ3v) is 3.11. The maximum absolute atomic E-state index is 3.78. The Morgan fingerprint density at radius 2 is 0.905 bits per heavy atom. The van der Waals surface area contributed by atoms with E-state index in [2.05, 4.69) is 50.4 Å². The van der Waals surface area contributed by atoms with Crippen LogP contribution in [0.3, 0.4) is 0 Å². The van der Waals surface area contributed by atoms with Crippen molar-refractivity contribution >= 4 is 0 Å². The van der Waals surface area contributed by atoms with E-state index in [0.717, 1.165) is 59.6 Å². The van der Waals surface area contributed by atoms with Crippen LogP contribution in [0.5, 0.6) is 0 Å². The van der Waals surface area contributed by atoms with Gasteiger partial charge in [0.15, 0.2) is 0 Å². The molecule has 2 heterocycles. The van der Waals surface area contributed by atoms with Gasteiger partial charge >= 0.3 is 0 Å². The Kier molecular flexibility index (Phi) is 9.98. The Labute approximate surface area is 129 Å². The van der Waals surface area contributed by atoms with Gasteiger partial charge < -0.3 is 0 Å². The van der Waals surface area contributed by atoms with Crippen LogP contribution >= 0.6 is 0 Å². The summed E-state index contributed by atoms with van der Waals surface area (Å²) < 4.78 is 0. The second kappa shape index (κ2) is 11.6. The minimum Gasteiger partial charge on any atom is -0.292 e. The van der Waals surface area contributed by atoms with Crippen LogP contribution in [0.15, 0.2) is 38.0 Å². The highest BCUT2D eigenvalue weighted by molar-refractivity contribution is 4.82. The van der Waals surface area contributed by atoms with Gasteiger partial charge in [-0.25, -0.2) is 0 Å². The first-order valence-corrected chi connectivity index (χ1v) is 7.42. The van der Waals surface area contributed by atoms with Gasteiger partial charge in [-0.05, 0) is 0 Å². The van der Waals surface area contributed by atoms with E-state index in [1.54, 1.807) is 0 Å². The van der Waals surface area contributed by atoms with Gasteiger partial charge in [-0.2, -0.15) is 0 Å². The molecule has 0 aromatic heterocycles. The SMILES string of the molecule is C1NCNCN1.C=CCN1CN(CC=C)CN(CC=C)C1. The summed E-state index contributed by atoms with van der Waals surface area (Å²) >= 11 is 0. The maximum Gasteiger partial charge on any atom is 0.0536 e. The maximum atomic E-state index is 3.78. The monoisotopic (exact) mass is 294 g/mol. The first-order chi connectivity index (χ1) is 10.3. The third kappa shape index (κ3) is 8.11. The highest BCUT2D eigenvalue weighted by Gasteiger charge is 2.20. The molecule has 0 aromatic carbocycles. The van der Waals surface area contributed by atoms with E-state index in [0.29, 0.717) is 0 Å². The predicted molar refractivity (Wildman–Crippen MR) is 89.3 cm³/mol. The lowest BCUT2D eigenvalue weighted by Gasteiger charge is -2.41. The lowest BCUT2D eigenvalue weighted by atomic mass is 10.4. The standard InChI is InChI=1S/C12H21N3.C3H9N3/c1-4-7-13-10-14(8-5-2)12-15(11-13)9-6-3;1-4-2-6-3-5-1/h4-6H,1-3,7-12H2;4-6H,1-3H2. The van der Waals surface area contributed by atoms with Gasteiger partial charge in [0.25, 0.3) is 0 Å². The molecule has 2 aliphatic rings. The minimum absolute atomic E-state index is 0.932. The summed E-state index contributed by atoms with van der Waals surface area (Å²) in [4.78, 5) is 7.05. The molecule has 0 aliphatic carbocycles. The van der Waals surface area contributed by atoms with E-state index >= 15 is 0 Å². The molecule has 6 heteroatoms. The quantitative estimate of drug-likeness (QED) is 0.599. The Morgan fingerprint density at radius 1 is 0.619 bits per heavy atom. The summed E-state index contributed by atoms with van der Waals surface area (Å²) in [6.07, 6.45) is 5.84. The summed E-state index contributed by atoms with van der Waals surface area (Å²) in [5.41, 5.74) is 0. The molecule has 2 saturated heterocycles. The van der Waals surface area contributed by atoms with Crippen molar-refractivity contribution in [1.29, 1.82) is 0 Å². The van der Waals surface area contributed by atoms with E-state index in [4.69, 9.17) is 0 Å². The molecule has 6 nitrogen and oxygen atoms in total. The van der Waals surface area contributed by atoms with E-state index in [9.17, 15) is 0 Å². The largest absolute Gasteiger partial charge is 0.292 e. The molecule has 0 radical (unpaired) electrons. The molecule has 3 N–H and O–H groups in total. The molecule has 0 spiro atoms. The molecule has 0 aromatic rings. The first kappa shape index (κ1) is 18.0. The second-order valence-corrected chi connectivity index (χ2v) is 5.13. The zero-order valence-electron chi connectivity index (χ0n) is 13.1. The van der Waals surface area contributed by atoms with E-state index in [-0.39, 0.29) is 0 Å². The molecule has 0 amide bonds. The number of nitrogens with one attached hydrogen (secondary N) is 3. The van der Waals surface area contributed by atoms with Gasteiger partial charge in [-0.1, -0.05) is 18.2 Å². The van der Waals surface area contributed by atoms with Crippen molar-refractivity contribution in [2.45, 2.75) is 0 Å². The summed E-state index contributed by atoms with van der Waals surface area (Å²) in [6.45, 7) is 19.9. The van der Waals surface area contributed by atoms with Crippen molar-refractivity contribution in [2.24, 2.45) is 0 Å². The molecule has 21 heavy (non-hydrogen) atoms. The van der Waals surface area contributed by atoms with Crippen molar-refractivity contribution < 1.29 is 0 Å². The van der Waals surface area contributed by atoms with E-state index in [1.807, 2.05) is 18.2 Å². The van der Waals surface area contributed by atoms with Crippen molar-refractivity contribution in [3.05, 3.63) is 38.0 Å². The third-order valence-electron chi connectivity index (χ3n) is 3.11. The molecular formula is C15H30N6.